The van der Waals surface area contributed by atoms with Gasteiger partial charge in [-0.05, 0) is 76.2 Å². The summed E-state index contributed by atoms with van der Waals surface area (Å²) in [4.78, 5) is 35.8. The number of anilines is 2. The van der Waals surface area contributed by atoms with E-state index in [0.29, 0.717) is 29.3 Å². The van der Waals surface area contributed by atoms with Crippen LogP contribution in [-0.4, -0.2) is 36.7 Å². The summed E-state index contributed by atoms with van der Waals surface area (Å²) in [5.41, 5.74) is 0.986. The highest BCUT2D eigenvalue weighted by atomic mass is 16.6. The molecule has 160 valence electrons. The van der Waals surface area contributed by atoms with Gasteiger partial charge in [0.1, 0.15) is 17.9 Å². The first kappa shape index (κ1) is 22.7. The molecule has 0 bridgehead atoms. The molecule has 8 heteroatoms. The van der Waals surface area contributed by atoms with Crippen LogP contribution in [0.25, 0.3) is 0 Å². The highest BCUT2D eigenvalue weighted by molar-refractivity contribution is 6.04. The largest absolute Gasteiger partial charge is 0.494 e. The third-order valence-electron chi connectivity index (χ3n) is 3.65. The van der Waals surface area contributed by atoms with Crippen molar-refractivity contribution >= 4 is 29.3 Å². The SMILES string of the molecule is CCOc1ccc(C(=O)Nc2ccc(NC(=O)CNC(=O)OC(C)(C)C)cc2)cc1. The lowest BCUT2D eigenvalue weighted by molar-refractivity contribution is -0.115. The Hall–Kier alpha value is -3.55. The molecule has 2 aromatic rings. The smallest absolute Gasteiger partial charge is 0.408 e. The fourth-order valence-electron chi connectivity index (χ4n) is 2.38. The Labute approximate surface area is 175 Å². The predicted octanol–water partition coefficient (Wildman–Crippen LogP) is 3.80. The van der Waals surface area contributed by atoms with Crippen molar-refractivity contribution in [2.75, 3.05) is 23.8 Å². The predicted molar refractivity (Wildman–Crippen MR) is 115 cm³/mol. The Kier molecular flexibility index (Phi) is 7.80. The molecule has 0 unspecified atom stereocenters. The Morgan fingerprint density at radius 1 is 0.867 bits per heavy atom. The third-order valence-corrected chi connectivity index (χ3v) is 3.65. The van der Waals surface area contributed by atoms with Crippen LogP contribution in [0.2, 0.25) is 0 Å². The minimum absolute atomic E-state index is 0.217. The van der Waals surface area contributed by atoms with Crippen molar-refractivity contribution in [2.24, 2.45) is 0 Å². The first-order chi connectivity index (χ1) is 14.2. The maximum absolute atomic E-state index is 12.3. The molecule has 0 saturated carbocycles. The number of ether oxygens (including phenoxy) is 2. The lowest BCUT2D eigenvalue weighted by atomic mass is 10.2. The molecule has 0 aliphatic carbocycles. The molecular weight excluding hydrogens is 386 g/mol. The second-order valence-electron chi connectivity index (χ2n) is 7.39. The molecule has 0 aromatic heterocycles. The van der Waals surface area contributed by atoms with Crippen LogP contribution in [0.3, 0.4) is 0 Å². The summed E-state index contributed by atoms with van der Waals surface area (Å²) in [5, 5.41) is 7.83. The highest BCUT2D eigenvalue weighted by Crippen LogP contribution is 2.16. The van der Waals surface area contributed by atoms with Gasteiger partial charge in [0.25, 0.3) is 5.91 Å². The van der Waals surface area contributed by atoms with Crippen LogP contribution < -0.4 is 20.7 Å². The fraction of sp³-hybridized carbons (Fsp3) is 0.318. The molecule has 30 heavy (non-hydrogen) atoms. The summed E-state index contributed by atoms with van der Waals surface area (Å²) in [6.45, 7) is 7.45. The summed E-state index contributed by atoms with van der Waals surface area (Å²) >= 11 is 0. The number of nitrogens with one attached hydrogen (secondary N) is 3. The minimum atomic E-state index is -0.662. The topological polar surface area (TPSA) is 106 Å². The van der Waals surface area contributed by atoms with Gasteiger partial charge >= 0.3 is 6.09 Å². The van der Waals surface area contributed by atoms with Gasteiger partial charge in [0.05, 0.1) is 6.61 Å². The molecule has 8 nitrogen and oxygen atoms in total. The van der Waals surface area contributed by atoms with Crippen molar-refractivity contribution in [1.82, 2.24) is 5.32 Å². The molecule has 3 amide bonds. The van der Waals surface area contributed by atoms with E-state index in [-0.39, 0.29) is 12.5 Å². The van der Waals surface area contributed by atoms with E-state index in [4.69, 9.17) is 9.47 Å². The lowest BCUT2D eigenvalue weighted by Crippen LogP contribution is -2.37. The van der Waals surface area contributed by atoms with E-state index in [2.05, 4.69) is 16.0 Å². The minimum Gasteiger partial charge on any atom is -0.494 e. The third kappa shape index (κ3) is 7.83. The second kappa shape index (κ2) is 10.3. The van der Waals surface area contributed by atoms with Crippen LogP contribution in [-0.2, 0) is 9.53 Å². The number of carbonyl (C=O) groups is 3. The van der Waals surface area contributed by atoms with Crippen LogP contribution in [0.15, 0.2) is 48.5 Å². The molecule has 0 aliphatic rings. The van der Waals surface area contributed by atoms with Gasteiger partial charge in [-0.3, -0.25) is 9.59 Å². The maximum atomic E-state index is 12.3. The molecule has 2 aromatic carbocycles. The van der Waals surface area contributed by atoms with E-state index in [1.165, 1.54) is 0 Å². The van der Waals surface area contributed by atoms with E-state index in [1.807, 2.05) is 6.92 Å². The first-order valence-corrected chi connectivity index (χ1v) is 9.57. The summed E-state index contributed by atoms with van der Waals surface area (Å²) in [6.07, 6.45) is -0.662. The Balaban J connectivity index is 1.83. The molecular formula is C22H27N3O5. The van der Waals surface area contributed by atoms with Gasteiger partial charge in [-0.25, -0.2) is 4.79 Å². The van der Waals surface area contributed by atoms with Gasteiger partial charge in [0.2, 0.25) is 5.91 Å². The average molecular weight is 413 g/mol. The van der Waals surface area contributed by atoms with E-state index < -0.39 is 17.6 Å². The fourth-order valence-corrected chi connectivity index (χ4v) is 2.38. The summed E-state index contributed by atoms with van der Waals surface area (Å²) < 4.78 is 10.4. The average Bonchev–Trinajstić information content (AvgIpc) is 2.67. The van der Waals surface area contributed by atoms with Crippen molar-refractivity contribution in [1.29, 1.82) is 0 Å². The number of carbonyl (C=O) groups excluding carboxylic acids is 3. The van der Waals surface area contributed by atoms with Crippen molar-refractivity contribution in [3.05, 3.63) is 54.1 Å². The van der Waals surface area contributed by atoms with Gasteiger partial charge in [0, 0.05) is 16.9 Å². The molecule has 2 rings (SSSR count). The van der Waals surface area contributed by atoms with Crippen molar-refractivity contribution in [3.8, 4) is 5.75 Å². The molecule has 0 aliphatic heterocycles. The number of amides is 3. The van der Waals surface area contributed by atoms with Crippen LogP contribution in [0.4, 0.5) is 16.2 Å². The Bertz CT molecular complexity index is 871. The molecule has 0 spiro atoms. The van der Waals surface area contributed by atoms with E-state index in [1.54, 1.807) is 69.3 Å². The van der Waals surface area contributed by atoms with Gasteiger partial charge in [-0.2, -0.15) is 0 Å². The summed E-state index contributed by atoms with van der Waals surface area (Å²) in [7, 11) is 0. The van der Waals surface area contributed by atoms with Gasteiger partial charge in [0.15, 0.2) is 0 Å². The number of rotatable bonds is 7. The number of hydrogen-bond donors (Lipinski definition) is 3. The lowest BCUT2D eigenvalue weighted by Gasteiger charge is -2.19. The number of hydrogen-bond acceptors (Lipinski definition) is 5. The Morgan fingerprint density at radius 2 is 1.43 bits per heavy atom. The zero-order chi connectivity index (χ0) is 22.1. The molecule has 0 atom stereocenters. The van der Waals surface area contributed by atoms with Gasteiger partial charge < -0.3 is 25.4 Å². The van der Waals surface area contributed by atoms with Crippen molar-refractivity contribution in [2.45, 2.75) is 33.3 Å². The quantitative estimate of drug-likeness (QED) is 0.640. The van der Waals surface area contributed by atoms with Crippen molar-refractivity contribution < 1.29 is 23.9 Å². The standard InChI is InChI=1S/C22H27N3O5/c1-5-29-18-12-6-15(7-13-18)20(27)25-17-10-8-16(9-11-17)24-19(26)14-23-21(28)30-22(2,3)4/h6-13H,5,14H2,1-4H3,(H,23,28)(H,24,26)(H,25,27). The maximum Gasteiger partial charge on any atom is 0.408 e. The second-order valence-corrected chi connectivity index (χ2v) is 7.39. The van der Waals surface area contributed by atoms with Crippen LogP contribution in [0.5, 0.6) is 5.75 Å². The molecule has 0 saturated heterocycles. The Morgan fingerprint density at radius 3 is 1.97 bits per heavy atom. The summed E-state index contributed by atoms with van der Waals surface area (Å²) in [5.74, 6) is 0.0544. The van der Waals surface area contributed by atoms with E-state index >= 15 is 0 Å². The van der Waals surface area contributed by atoms with Gasteiger partial charge in [-0.1, -0.05) is 0 Å². The van der Waals surface area contributed by atoms with E-state index in [9.17, 15) is 14.4 Å². The molecule has 0 radical (unpaired) electrons. The first-order valence-electron chi connectivity index (χ1n) is 9.57. The number of alkyl carbamates (subject to hydrolysis) is 1. The summed E-state index contributed by atoms with van der Waals surface area (Å²) in [6, 6.07) is 13.5. The van der Waals surface area contributed by atoms with Crippen molar-refractivity contribution in [3.63, 3.8) is 0 Å². The zero-order valence-corrected chi connectivity index (χ0v) is 17.6. The van der Waals surface area contributed by atoms with Crippen LogP contribution in [0.1, 0.15) is 38.1 Å². The normalized spacial score (nSPS) is 10.7. The molecule has 0 fully saturated rings. The van der Waals surface area contributed by atoms with E-state index in [0.717, 1.165) is 0 Å². The molecule has 0 heterocycles. The van der Waals surface area contributed by atoms with Crippen LogP contribution in [0, 0.1) is 0 Å². The van der Waals surface area contributed by atoms with Gasteiger partial charge in [-0.15, -0.1) is 0 Å². The monoisotopic (exact) mass is 413 g/mol. The molecule has 3 N–H and O–H groups in total. The zero-order valence-electron chi connectivity index (χ0n) is 17.6. The highest BCUT2D eigenvalue weighted by Gasteiger charge is 2.16. The van der Waals surface area contributed by atoms with Crippen LogP contribution >= 0.6 is 0 Å². The number of benzene rings is 2.